The van der Waals surface area contributed by atoms with Crippen molar-refractivity contribution in [2.45, 2.75) is 130 Å². The Bertz CT molecular complexity index is 3610. The zero-order valence-electron chi connectivity index (χ0n) is 39.5. The third-order valence-corrected chi connectivity index (χ3v) is 19.4. The molecule has 3 aliphatic heterocycles. The molecule has 1 aliphatic carbocycles. The molecule has 13 rings (SSSR count). The van der Waals surface area contributed by atoms with Crippen LogP contribution in [0.3, 0.4) is 0 Å². The Kier molecular flexibility index (Phi) is 8.19. The Balaban J connectivity index is 1.23. The van der Waals surface area contributed by atoms with Gasteiger partial charge in [0, 0.05) is 62.8 Å². The molecule has 0 bridgehead atoms. The monoisotopic (exact) mass is 898 g/mol. The van der Waals surface area contributed by atoms with Gasteiger partial charge in [0.25, 0.3) is 0 Å². The van der Waals surface area contributed by atoms with E-state index in [4.69, 9.17) is 0 Å². The second kappa shape index (κ2) is 13.2. The van der Waals surface area contributed by atoms with E-state index in [0.717, 1.165) is 0 Å². The van der Waals surface area contributed by atoms with Crippen LogP contribution in [0.5, 0.6) is 0 Å². The summed E-state index contributed by atoms with van der Waals surface area (Å²) in [6.45, 7) is 26.5. The quantitative estimate of drug-likeness (QED) is 0.152. The number of hydrogen-bond acceptors (Lipinski definition) is 4. The van der Waals surface area contributed by atoms with E-state index in [-0.39, 0.29) is 28.5 Å². The van der Waals surface area contributed by atoms with E-state index in [1.54, 1.807) is 0 Å². The molecule has 0 fully saturated rings. The molecule has 65 heavy (non-hydrogen) atoms. The molecule has 0 atom stereocenters. The standard InChI is InChI=1S/C59H55BN2S3/c1-32-24-41-42(59(10,11)23-22-58(41,8)9)30-45(32)62-46-31-51-50(63-48-18-14-15-19-49(48)64-51)29-37(46)38-28-40-35-16-12-13-17-47(35)65-55(40)54-52(38)60(62)43-27-34(57(5,6)7)26-39-36-25-33(56(2,3)4)20-21-44(36)61(54)53(39)43/h12-21,24-31H,22-23H2,1-11H3. The zero-order chi connectivity index (χ0) is 44.9. The van der Waals surface area contributed by atoms with Crippen molar-refractivity contribution in [3.63, 3.8) is 0 Å². The van der Waals surface area contributed by atoms with Crippen molar-refractivity contribution in [1.82, 2.24) is 4.57 Å². The lowest BCUT2D eigenvalue weighted by atomic mass is 9.43. The van der Waals surface area contributed by atoms with Crippen LogP contribution in [0, 0.1) is 6.92 Å². The van der Waals surface area contributed by atoms with Crippen LogP contribution in [0.1, 0.15) is 110 Å². The van der Waals surface area contributed by atoms with Crippen molar-refractivity contribution in [2.24, 2.45) is 0 Å². The first-order chi connectivity index (χ1) is 30.9. The van der Waals surface area contributed by atoms with Gasteiger partial charge in [-0.05, 0) is 146 Å². The first-order valence-electron chi connectivity index (χ1n) is 23.6. The van der Waals surface area contributed by atoms with Crippen LogP contribution < -0.4 is 15.7 Å². The number of rotatable bonds is 1. The molecule has 9 aromatic rings. The summed E-state index contributed by atoms with van der Waals surface area (Å²) in [5.41, 5.74) is 19.5. The van der Waals surface area contributed by atoms with Crippen molar-refractivity contribution in [3.05, 3.63) is 137 Å². The second-order valence-electron chi connectivity index (χ2n) is 22.9. The summed E-state index contributed by atoms with van der Waals surface area (Å²) in [6.07, 6.45) is 2.38. The number of hydrogen-bond donors (Lipinski definition) is 0. The smallest absolute Gasteiger partial charge is 0.333 e. The topological polar surface area (TPSA) is 8.17 Å². The lowest BCUT2D eigenvalue weighted by Crippen LogP contribution is -2.61. The van der Waals surface area contributed by atoms with Gasteiger partial charge in [0.2, 0.25) is 0 Å². The Hall–Kier alpha value is -4.88. The predicted octanol–water partition coefficient (Wildman–Crippen LogP) is 16.3. The molecule has 322 valence electrons. The molecule has 0 amide bonds. The van der Waals surface area contributed by atoms with Crippen LogP contribution in [0.4, 0.5) is 11.4 Å². The average Bonchev–Trinajstić information content (AvgIpc) is 3.80. The lowest BCUT2D eigenvalue weighted by molar-refractivity contribution is 0.332. The summed E-state index contributed by atoms with van der Waals surface area (Å²) < 4.78 is 5.44. The summed E-state index contributed by atoms with van der Waals surface area (Å²) in [7, 11) is 0. The van der Waals surface area contributed by atoms with Crippen molar-refractivity contribution >= 4 is 106 Å². The molecule has 0 saturated carbocycles. The van der Waals surface area contributed by atoms with Gasteiger partial charge in [0.15, 0.2) is 0 Å². The van der Waals surface area contributed by atoms with Crippen LogP contribution in [0.25, 0.3) is 58.8 Å². The summed E-state index contributed by atoms with van der Waals surface area (Å²) in [6, 6.07) is 43.6. The first kappa shape index (κ1) is 40.4. The van der Waals surface area contributed by atoms with E-state index >= 15 is 0 Å². The molecule has 4 aliphatic rings. The minimum Gasteiger partial charge on any atom is -0.376 e. The van der Waals surface area contributed by atoms with Gasteiger partial charge < -0.3 is 9.38 Å². The predicted molar refractivity (Wildman–Crippen MR) is 285 cm³/mol. The Morgan fingerprint density at radius 1 is 0.569 bits per heavy atom. The van der Waals surface area contributed by atoms with Gasteiger partial charge in [-0.2, -0.15) is 0 Å². The highest BCUT2D eigenvalue weighted by molar-refractivity contribution is 8.05. The minimum absolute atomic E-state index is 0.0160. The third-order valence-electron chi connectivity index (χ3n) is 15.7. The average molecular weight is 899 g/mol. The highest BCUT2D eigenvalue weighted by Crippen LogP contribution is 2.57. The molecular weight excluding hydrogens is 844 g/mol. The number of nitrogens with zero attached hydrogens (tertiary/aromatic N) is 2. The number of thiophene rings is 1. The number of aromatic nitrogens is 1. The number of fused-ring (bicyclic) bond motifs is 14. The molecule has 5 heterocycles. The van der Waals surface area contributed by atoms with Crippen LogP contribution in [-0.2, 0) is 21.7 Å². The maximum Gasteiger partial charge on any atom is 0.333 e. The van der Waals surface area contributed by atoms with E-state index in [1.165, 1.54) is 141 Å². The molecule has 7 aromatic carbocycles. The molecule has 0 saturated heterocycles. The van der Waals surface area contributed by atoms with Crippen LogP contribution >= 0.6 is 34.9 Å². The molecule has 2 nitrogen and oxygen atoms in total. The molecule has 0 unspecified atom stereocenters. The molecule has 2 aromatic heterocycles. The maximum absolute atomic E-state index is 2.84. The van der Waals surface area contributed by atoms with E-state index in [0.29, 0.717) is 0 Å². The third kappa shape index (κ3) is 5.63. The number of anilines is 2. The fraction of sp³-hybridized carbons (Fsp3) is 0.288. The summed E-state index contributed by atoms with van der Waals surface area (Å²) in [4.78, 5) is 8.20. The van der Waals surface area contributed by atoms with Gasteiger partial charge in [-0.1, -0.05) is 141 Å². The maximum atomic E-state index is 2.84. The van der Waals surface area contributed by atoms with Gasteiger partial charge >= 0.3 is 6.85 Å². The number of aryl methyl sites for hydroxylation is 1. The number of benzene rings is 7. The summed E-state index contributed by atoms with van der Waals surface area (Å²) in [5, 5.41) is 5.41. The molecule has 6 heteroatoms. The Morgan fingerprint density at radius 3 is 1.92 bits per heavy atom. The van der Waals surface area contributed by atoms with Crippen molar-refractivity contribution in [1.29, 1.82) is 0 Å². The second-order valence-corrected chi connectivity index (χ2v) is 26.1. The largest absolute Gasteiger partial charge is 0.376 e. The SMILES string of the molecule is Cc1cc2c(cc1N1B3c4c(cc5c(sc6ccccc65)c4-n4c5ccc(C(C)(C)C)cc5c5cc(C(C)(C)C)cc3c54)-c3cc4c(cc31)Sc1ccccc1S4)C(C)(C)CCC2(C)C. The van der Waals surface area contributed by atoms with Crippen molar-refractivity contribution in [3.8, 4) is 16.8 Å². The summed E-state index contributed by atoms with van der Waals surface area (Å²) >= 11 is 5.85. The van der Waals surface area contributed by atoms with Gasteiger partial charge in [-0.25, -0.2) is 0 Å². The van der Waals surface area contributed by atoms with Crippen LogP contribution in [0.15, 0.2) is 129 Å². The lowest BCUT2D eigenvalue weighted by Gasteiger charge is -2.46. The highest BCUT2D eigenvalue weighted by atomic mass is 32.2. The van der Waals surface area contributed by atoms with E-state index in [9.17, 15) is 0 Å². The van der Waals surface area contributed by atoms with E-state index < -0.39 is 0 Å². The normalized spacial score (nSPS) is 16.8. The van der Waals surface area contributed by atoms with Crippen LogP contribution in [-0.4, -0.2) is 11.4 Å². The first-order valence-corrected chi connectivity index (χ1v) is 26.0. The fourth-order valence-corrected chi connectivity index (χ4v) is 15.4. The fourth-order valence-electron chi connectivity index (χ4n) is 11.9. The molecule has 0 spiro atoms. The van der Waals surface area contributed by atoms with E-state index in [2.05, 4.69) is 195 Å². The molecule has 0 N–H and O–H groups in total. The van der Waals surface area contributed by atoms with E-state index in [1.807, 2.05) is 34.9 Å². The zero-order valence-corrected chi connectivity index (χ0v) is 42.0. The van der Waals surface area contributed by atoms with Gasteiger partial charge in [0.05, 0.1) is 21.4 Å². The van der Waals surface area contributed by atoms with Crippen molar-refractivity contribution < 1.29 is 0 Å². The van der Waals surface area contributed by atoms with Gasteiger partial charge in [0.1, 0.15) is 0 Å². The summed E-state index contributed by atoms with van der Waals surface area (Å²) in [5.74, 6) is 0. The minimum atomic E-state index is -0.0612. The van der Waals surface area contributed by atoms with Gasteiger partial charge in [-0.15, -0.1) is 11.3 Å². The van der Waals surface area contributed by atoms with Crippen LogP contribution in [0.2, 0.25) is 0 Å². The molecular formula is C59H55BN2S3. The Labute approximate surface area is 396 Å². The Morgan fingerprint density at radius 2 is 1.22 bits per heavy atom. The van der Waals surface area contributed by atoms with Gasteiger partial charge in [-0.3, -0.25) is 0 Å². The molecule has 0 radical (unpaired) electrons. The highest BCUT2D eigenvalue weighted by Gasteiger charge is 2.47. The van der Waals surface area contributed by atoms with Crippen molar-refractivity contribution in [2.75, 3.05) is 4.81 Å².